The van der Waals surface area contributed by atoms with E-state index in [1.165, 1.54) is 11.8 Å². The van der Waals surface area contributed by atoms with Crippen molar-refractivity contribution in [2.75, 3.05) is 17.3 Å². The summed E-state index contributed by atoms with van der Waals surface area (Å²) in [6.45, 7) is 0. The van der Waals surface area contributed by atoms with Crippen molar-refractivity contribution in [1.29, 1.82) is 0 Å². The Labute approximate surface area is 149 Å². The second kappa shape index (κ2) is 6.76. The van der Waals surface area contributed by atoms with Gasteiger partial charge in [-0.2, -0.15) is 0 Å². The van der Waals surface area contributed by atoms with Crippen LogP contribution in [0.1, 0.15) is 31.2 Å². The highest BCUT2D eigenvalue weighted by molar-refractivity contribution is 9.10. The summed E-state index contributed by atoms with van der Waals surface area (Å²) in [6.07, 6.45) is 3.69. The Morgan fingerprint density at radius 3 is 2.74 bits per heavy atom. The number of carbonyl (C=O) groups excluding carboxylic acids is 1. The summed E-state index contributed by atoms with van der Waals surface area (Å²) in [5, 5.41) is 3.25. The Kier molecular flexibility index (Phi) is 5.09. The fourth-order valence-corrected chi connectivity index (χ4v) is 7.03. The minimum absolute atomic E-state index is 0.000950. The SMILES string of the molecule is O=C(CSC1CCS(=O)(=O)C1)NC1(c2cccc(Br)c2)CCC1. The predicted molar refractivity (Wildman–Crippen MR) is 97.3 cm³/mol. The summed E-state index contributed by atoms with van der Waals surface area (Å²) in [5.74, 6) is 0.797. The maximum absolute atomic E-state index is 12.3. The van der Waals surface area contributed by atoms with Gasteiger partial charge in [0.25, 0.3) is 0 Å². The van der Waals surface area contributed by atoms with Gasteiger partial charge in [-0.05, 0) is 43.4 Å². The lowest BCUT2D eigenvalue weighted by molar-refractivity contribution is -0.121. The van der Waals surface area contributed by atoms with Gasteiger partial charge in [-0.15, -0.1) is 11.8 Å². The van der Waals surface area contributed by atoms with Crippen LogP contribution in [0.3, 0.4) is 0 Å². The average molecular weight is 418 g/mol. The van der Waals surface area contributed by atoms with E-state index in [0.29, 0.717) is 12.2 Å². The zero-order valence-corrected chi connectivity index (χ0v) is 16.0. The molecule has 1 heterocycles. The molecule has 1 aliphatic carbocycles. The van der Waals surface area contributed by atoms with Crippen molar-refractivity contribution in [3.63, 3.8) is 0 Å². The molecule has 1 saturated heterocycles. The smallest absolute Gasteiger partial charge is 0.230 e. The second-order valence-corrected chi connectivity index (χ2v) is 10.8. The molecule has 2 aliphatic rings. The third-order valence-corrected chi connectivity index (χ3v) is 8.38. The molecule has 1 atom stereocenters. The maximum atomic E-state index is 12.3. The highest BCUT2D eigenvalue weighted by atomic mass is 79.9. The molecule has 0 aromatic heterocycles. The fraction of sp³-hybridized carbons (Fsp3) is 0.562. The first-order valence-electron chi connectivity index (χ1n) is 7.78. The summed E-state index contributed by atoms with van der Waals surface area (Å²) < 4.78 is 24.0. The van der Waals surface area contributed by atoms with E-state index in [2.05, 4.69) is 33.4 Å². The molecule has 1 saturated carbocycles. The van der Waals surface area contributed by atoms with E-state index in [0.717, 1.165) is 29.3 Å². The molecule has 1 unspecified atom stereocenters. The van der Waals surface area contributed by atoms with Gasteiger partial charge in [0.1, 0.15) is 0 Å². The first-order valence-corrected chi connectivity index (χ1v) is 11.4. The van der Waals surface area contributed by atoms with Crippen LogP contribution < -0.4 is 5.32 Å². The molecule has 0 radical (unpaired) electrons. The number of hydrogen-bond acceptors (Lipinski definition) is 4. The Morgan fingerprint density at radius 2 is 2.17 bits per heavy atom. The van der Waals surface area contributed by atoms with Crippen LogP contribution in [0.4, 0.5) is 0 Å². The van der Waals surface area contributed by atoms with Gasteiger partial charge in [-0.1, -0.05) is 28.1 Å². The number of thioether (sulfide) groups is 1. The molecule has 0 spiro atoms. The zero-order chi connectivity index (χ0) is 16.5. The zero-order valence-electron chi connectivity index (χ0n) is 12.8. The third-order valence-electron chi connectivity index (χ3n) is 4.60. The number of nitrogens with one attached hydrogen (secondary N) is 1. The fourth-order valence-electron chi connectivity index (χ4n) is 3.19. The first-order chi connectivity index (χ1) is 10.9. The van der Waals surface area contributed by atoms with Crippen molar-refractivity contribution in [3.05, 3.63) is 34.3 Å². The van der Waals surface area contributed by atoms with Gasteiger partial charge in [0.05, 0.1) is 22.8 Å². The van der Waals surface area contributed by atoms with Crippen LogP contribution >= 0.6 is 27.7 Å². The van der Waals surface area contributed by atoms with Gasteiger partial charge in [0.2, 0.25) is 5.91 Å². The summed E-state index contributed by atoms with van der Waals surface area (Å²) in [7, 11) is -2.88. The van der Waals surface area contributed by atoms with Gasteiger partial charge in [0.15, 0.2) is 9.84 Å². The summed E-state index contributed by atoms with van der Waals surface area (Å²) in [4.78, 5) is 12.3. The molecular formula is C16H20BrNO3S2. The van der Waals surface area contributed by atoms with Gasteiger partial charge >= 0.3 is 0 Å². The number of amides is 1. The van der Waals surface area contributed by atoms with Gasteiger partial charge < -0.3 is 5.32 Å². The number of benzene rings is 1. The molecule has 3 rings (SSSR count). The maximum Gasteiger partial charge on any atom is 0.230 e. The van der Waals surface area contributed by atoms with E-state index >= 15 is 0 Å². The highest BCUT2D eigenvalue weighted by Crippen LogP contribution is 2.42. The molecule has 7 heteroatoms. The summed E-state index contributed by atoms with van der Waals surface area (Å²) in [5.41, 5.74) is 0.892. The van der Waals surface area contributed by atoms with Gasteiger partial charge in [-0.25, -0.2) is 8.42 Å². The van der Waals surface area contributed by atoms with Crippen molar-refractivity contribution in [1.82, 2.24) is 5.32 Å². The van der Waals surface area contributed by atoms with E-state index in [1.54, 1.807) is 0 Å². The largest absolute Gasteiger partial charge is 0.346 e. The van der Waals surface area contributed by atoms with Crippen LogP contribution in [0, 0.1) is 0 Å². The molecule has 1 aromatic carbocycles. The molecular weight excluding hydrogens is 398 g/mol. The van der Waals surface area contributed by atoms with E-state index < -0.39 is 9.84 Å². The monoisotopic (exact) mass is 417 g/mol. The molecule has 1 aliphatic heterocycles. The van der Waals surface area contributed by atoms with E-state index in [9.17, 15) is 13.2 Å². The Balaban J connectivity index is 1.58. The molecule has 23 heavy (non-hydrogen) atoms. The van der Waals surface area contributed by atoms with Crippen molar-refractivity contribution in [2.45, 2.75) is 36.5 Å². The van der Waals surface area contributed by atoms with E-state index in [4.69, 9.17) is 0 Å². The Hall–Kier alpha value is -0.530. The third kappa shape index (κ3) is 4.12. The van der Waals surface area contributed by atoms with Crippen molar-refractivity contribution in [3.8, 4) is 0 Å². The van der Waals surface area contributed by atoms with Gasteiger partial charge in [0, 0.05) is 9.72 Å². The quantitative estimate of drug-likeness (QED) is 0.799. The molecule has 126 valence electrons. The number of hydrogen-bond donors (Lipinski definition) is 1. The van der Waals surface area contributed by atoms with Crippen LogP contribution in [0.5, 0.6) is 0 Å². The lowest BCUT2D eigenvalue weighted by atomic mass is 9.72. The van der Waals surface area contributed by atoms with Crippen LogP contribution in [0.2, 0.25) is 0 Å². The molecule has 1 N–H and O–H groups in total. The second-order valence-electron chi connectivity index (χ2n) is 6.33. The van der Waals surface area contributed by atoms with E-state index in [1.807, 2.05) is 12.1 Å². The van der Waals surface area contributed by atoms with Crippen molar-refractivity contribution >= 4 is 43.4 Å². The standard InChI is InChI=1S/C16H20BrNO3S2/c17-13-4-1-3-12(9-13)16(6-2-7-16)18-15(19)10-22-14-5-8-23(20,21)11-14/h1,3-4,9,14H,2,5-8,10-11H2,(H,18,19). The van der Waals surface area contributed by atoms with Crippen LogP contribution in [0.15, 0.2) is 28.7 Å². The Morgan fingerprint density at radius 1 is 1.39 bits per heavy atom. The number of carbonyl (C=O) groups is 1. The number of halogens is 1. The van der Waals surface area contributed by atoms with Gasteiger partial charge in [-0.3, -0.25) is 4.79 Å². The lowest BCUT2D eigenvalue weighted by Gasteiger charge is -2.43. The summed E-state index contributed by atoms with van der Waals surface area (Å²) >= 11 is 4.95. The molecule has 2 fully saturated rings. The normalized spacial score (nSPS) is 24.8. The van der Waals surface area contributed by atoms with E-state index in [-0.39, 0.29) is 28.2 Å². The van der Waals surface area contributed by atoms with Crippen molar-refractivity contribution in [2.24, 2.45) is 0 Å². The number of sulfone groups is 1. The van der Waals surface area contributed by atoms with Crippen LogP contribution in [-0.4, -0.2) is 36.8 Å². The molecule has 1 aromatic rings. The molecule has 1 amide bonds. The molecule has 4 nitrogen and oxygen atoms in total. The minimum atomic E-state index is -2.88. The highest BCUT2D eigenvalue weighted by Gasteiger charge is 2.40. The van der Waals surface area contributed by atoms with Crippen LogP contribution in [0.25, 0.3) is 0 Å². The van der Waals surface area contributed by atoms with Crippen molar-refractivity contribution < 1.29 is 13.2 Å². The Bertz CT molecular complexity index is 701. The molecule has 0 bridgehead atoms. The summed E-state index contributed by atoms with van der Waals surface area (Å²) in [6, 6.07) is 8.09. The minimum Gasteiger partial charge on any atom is -0.346 e. The first kappa shape index (κ1) is 17.3. The average Bonchev–Trinajstić information content (AvgIpc) is 2.80. The topological polar surface area (TPSA) is 63.2 Å². The number of rotatable bonds is 5. The lowest BCUT2D eigenvalue weighted by Crippen LogP contribution is -2.51. The van der Waals surface area contributed by atoms with Crippen LogP contribution in [-0.2, 0) is 20.2 Å². The predicted octanol–water partition coefficient (Wildman–Crippen LogP) is 2.86.